The van der Waals surface area contributed by atoms with Gasteiger partial charge in [0.1, 0.15) is 5.75 Å². The van der Waals surface area contributed by atoms with Crippen LogP contribution in [0.2, 0.25) is 0 Å². The van der Waals surface area contributed by atoms with E-state index < -0.39 is 0 Å². The second-order valence-corrected chi connectivity index (χ2v) is 10.9. The topological polar surface area (TPSA) is 20.2 Å². The average Bonchev–Trinajstić information content (AvgIpc) is 2.85. The number of hydrogen-bond donors (Lipinski definition) is 1. The molecule has 0 atom stereocenters. The van der Waals surface area contributed by atoms with Gasteiger partial charge in [0.2, 0.25) is 0 Å². The van der Waals surface area contributed by atoms with Crippen molar-refractivity contribution < 1.29 is 5.11 Å². The molecule has 5 aromatic rings. The van der Waals surface area contributed by atoms with Gasteiger partial charge in [-0.25, -0.2) is 0 Å². The summed E-state index contributed by atoms with van der Waals surface area (Å²) in [6, 6.07) is 38.2. The SMILES string of the molecule is Cc1ccc(-c2c(-c3ccc(I)cc3)cc(-c3ccc(O)cc3)cc2-c2ccc(I)cc2)cc1. The van der Waals surface area contributed by atoms with Crippen molar-refractivity contribution in [3.05, 3.63) is 122 Å². The van der Waals surface area contributed by atoms with Crippen LogP contribution in [-0.2, 0) is 0 Å². The van der Waals surface area contributed by atoms with Crippen LogP contribution in [0.15, 0.2) is 109 Å². The average molecular weight is 664 g/mol. The molecule has 0 fully saturated rings. The van der Waals surface area contributed by atoms with Crippen LogP contribution in [0.3, 0.4) is 0 Å². The van der Waals surface area contributed by atoms with E-state index in [0.717, 1.165) is 11.1 Å². The molecular formula is C31H22I2O. The molecule has 1 N–H and O–H groups in total. The van der Waals surface area contributed by atoms with Crippen LogP contribution in [0.4, 0.5) is 0 Å². The van der Waals surface area contributed by atoms with Crippen LogP contribution in [0.5, 0.6) is 5.75 Å². The predicted octanol–water partition coefficient (Wildman–Crippen LogP) is 9.58. The Morgan fingerprint density at radius 2 is 0.882 bits per heavy atom. The zero-order valence-electron chi connectivity index (χ0n) is 18.6. The van der Waals surface area contributed by atoms with Gasteiger partial charge in [0.05, 0.1) is 0 Å². The highest BCUT2D eigenvalue weighted by molar-refractivity contribution is 14.1. The van der Waals surface area contributed by atoms with Crippen molar-refractivity contribution in [1.82, 2.24) is 0 Å². The van der Waals surface area contributed by atoms with Crippen LogP contribution in [-0.4, -0.2) is 5.11 Å². The summed E-state index contributed by atoms with van der Waals surface area (Å²) in [6.45, 7) is 2.12. The fourth-order valence-electron chi connectivity index (χ4n) is 4.21. The monoisotopic (exact) mass is 664 g/mol. The molecule has 0 saturated heterocycles. The normalized spacial score (nSPS) is 10.9. The Morgan fingerprint density at radius 3 is 1.35 bits per heavy atom. The molecule has 0 saturated carbocycles. The van der Waals surface area contributed by atoms with E-state index in [0.29, 0.717) is 0 Å². The first-order valence-corrected chi connectivity index (χ1v) is 13.2. The minimum Gasteiger partial charge on any atom is -0.508 e. The highest BCUT2D eigenvalue weighted by atomic mass is 127. The van der Waals surface area contributed by atoms with Gasteiger partial charge in [-0.05, 0) is 145 Å². The summed E-state index contributed by atoms with van der Waals surface area (Å²) in [4.78, 5) is 0. The molecule has 0 aliphatic carbocycles. The summed E-state index contributed by atoms with van der Waals surface area (Å²) in [5.74, 6) is 0.274. The number of aromatic hydroxyl groups is 1. The van der Waals surface area contributed by atoms with Crippen molar-refractivity contribution >= 4 is 45.2 Å². The van der Waals surface area contributed by atoms with Gasteiger partial charge < -0.3 is 5.11 Å². The van der Waals surface area contributed by atoms with Gasteiger partial charge in [-0.1, -0.05) is 66.2 Å². The van der Waals surface area contributed by atoms with Gasteiger partial charge in [-0.15, -0.1) is 0 Å². The van der Waals surface area contributed by atoms with Crippen LogP contribution in [0.25, 0.3) is 44.5 Å². The zero-order chi connectivity index (χ0) is 23.7. The first-order valence-electron chi connectivity index (χ1n) is 11.0. The van der Waals surface area contributed by atoms with Crippen LogP contribution in [0.1, 0.15) is 5.56 Å². The lowest BCUT2D eigenvalue weighted by Gasteiger charge is -2.19. The van der Waals surface area contributed by atoms with Crippen molar-refractivity contribution in [2.75, 3.05) is 0 Å². The summed E-state index contributed by atoms with van der Waals surface area (Å²) in [5, 5.41) is 9.83. The maximum Gasteiger partial charge on any atom is 0.115 e. The van der Waals surface area contributed by atoms with Crippen LogP contribution < -0.4 is 0 Å². The lowest BCUT2D eigenvalue weighted by atomic mass is 9.84. The van der Waals surface area contributed by atoms with E-state index in [-0.39, 0.29) is 5.75 Å². The van der Waals surface area contributed by atoms with Crippen molar-refractivity contribution in [2.45, 2.75) is 6.92 Å². The third kappa shape index (κ3) is 4.91. The van der Waals surface area contributed by atoms with E-state index >= 15 is 0 Å². The Balaban J connectivity index is 1.86. The molecule has 0 heterocycles. The largest absolute Gasteiger partial charge is 0.508 e. The minimum absolute atomic E-state index is 0.274. The lowest BCUT2D eigenvalue weighted by molar-refractivity contribution is 0.475. The van der Waals surface area contributed by atoms with Gasteiger partial charge in [-0.3, -0.25) is 0 Å². The third-order valence-corrected chi connectivity index (χ3v) is 7.43. The molecule has 166 valence electrons. The molecule has 5 aromatic carbocycles. The Labute approximate surface area is 227 Å². The van der Waals surface area contributed by atoms with Crippen molar-refractivity contribution in [3.63, 3.8) is 0 Å². The lowest BCUT2D eigenvalue weighted by Crippen LogP contribution is -1.93. The van der Waals surface area contributed by atoms with E-state index in [4.69, 9.17) is 0 Å². The molecule has 0 aliphatic heterocycles. The summed E-state index contributed by atoms with van der Waals surface area (Å²) in [5.41, 5.74) is 10.6. The smallest absolute Gasteiger partial charge is 0.115 e. The molecule has 0 aromatic heterocycles. The van der Waals surface area contributed by atoms with Gasteiger partial charge in [0.15, 0.2) is 0 Å². The maximum atomic E-state index is 9.83. The molecule has 0 amide bonds. The highest BCUT2D eigenvalue weighted by Gasteiger charge is 2.17. The Bertz CT molecular complexity index is 1370. The van der Waals surface area contributed by atoms with Crippen LogP contribution in [0, 0.1) is 14.1 Å². The fraction of sp³-hybridized carbons (Fsp3) is 0.0323. The number of aryl methyl sites for hydroxylation is 1. The standard InChI is InChI=1S/C31H22I2O/c1-20-2-4-24(5-3-20)31-29(22-6-12-26(32)13-7-22)18-25(21-10-16-28(34)17-11-21)19-30(31)23-8-14-27(33)15-9-23/h2-19,34H,1H3. The molecule has 0 radical (unpaired) electrons. The molecule has 5 rings (SSSR count). The summed E-state index contributed by atoms with van der Waals surface area (Å²) in [7, 11) is 0. The van der Waals surface area contributed by atoms with E-state index in [1.54, 1.807) is 12.1 Å². The van der Waals surface area contributed by atoms with Gasteiger partial charge in [-0.2, -0.15) is 0 Å². The Morgan fingerprint density at radius 1 is 0.471 bits per heavy atom. The molecule has 0 unspecified atom stereocenters. The molecule has 3 heteroatoms. The quantitative estimate of drug-likeness (QED) is 0.190. The van der Waals surface area contributed by atoms with E-state index in [9.17, 15) is 5.11 Å². The number of hydrogen-bond acceptors (Lipinski definition) is 1. The van der Waals surface area contributed by atoms with E-state index in [2.05, 4.69) is 137 Å². The van der Waals surface area contributed by atoms with Gasteiger partial charge in [0.25, 0.3) is 0 Å². The second-order valence-electron chi connectivity index (χ2n) is 8.37. The minimum atomic E-state index is 0.274. The summed E-state index contributed by atoms with van der Waals surface area (Å²) < 4.78 is 2.43. The Hall–Kier alpha value is -2.64. The number of phenols is 1. The molecule has 0 bridgehead atoms. The number of benzene rings is 5. The first kappa shape index (κ1) is 23.1. The summed E-state index contributed by atoms with van der Waals surface area (Å²) in [6.07, 6.45) is 0. The zero-order valence-corrected chi connectivity index (χ0v) is 22.9. The fourth-order valence-corrected chi connectivity index (χ4v) is 4.93. The maximum absolute atomic E-state index is 9.83. The molecule has 34 heavy (non-hydrogen) atoms. The van der Waals surface area contributed by atoms with Gasteiger partial charge in [0, 0.05) is 7.14 Å². The molecule has 1 nitrogen and oxygen atoms in total. The predicted molar refractivity (Wildman–Crippen MR) is 160 cm³/mol. The second kappa shape index (κ2) is 9.92. The van der Waals surface area contributed by atoms with Gasteiger partial charge >= 0.3 is 0 Å². The summed E-state index contributed by atoms with van der Waals surface area (Å²) >= 11 is 4.71. The molecule has 0 aliphatic rings. The van der Waals surface area contributed by atoms with Crippen molar-refractivity contribution in [2.24, 2.45) is 0 Å². The number of phenolic OH excluding ortho intramolecular Hbond substituents is 1. The van der Waals surface area contributed by atoms with E-state index in [1.165, 1.54) is 46.1 Å². The Kier molecular flexibility index (Phi) is 6.75. The number of rotatable bonds is 4. The van der Waals surface area contributed by atoms with Crippen molar-refractivity contribution in [1.29, 1.82) is 0 Å². The third-order valence-electron chi connectivity index (χ3n) is 5.99. The van der Waals surface area contributed by atoms with E-state index in [1.807, 2.05) is 12.1 Å². The highest BCUT2D eigenvalue weighted by Crippen LogP contribution is 2.43. The first-order chi connectivity index (χ1) is 16.5. The molecular weight excluding hydrogens is 642 g/mol. The molecule has 0 spiro atoms. The number of halogens is 2. The van der Waals surface area contributed by atoms with Crippen molar-refractivity contribution in [3.8, 4) is 50.3 Å². The van der Waals surface area contributed by atoms with Crippen LogP contribution >= 0.6 is 45.2 Å².